The molecule has 31 heavy (non-hydrogen) atoms. The summed E-state index contributed by atoms with van der Waals surface area (Å²) in [5.41, 5.74) is 0.506. The lowest BCUT2D eigenvalue weighted by Gasteiger charge is -2.19. The molecule has 2 amide bonds. The van der Waals surface area contributed by atoms with Crippen LogP contribution in [0.25, 0.3) is 0 Å². The molecule has 9 nitrogen and oxygen atoms in total. The van der Waals surface area contributed by atoms with Crippen LogP contribution in [-0.2, 0) is 28.9 Å². The Labute approximate surface area is 180 Å². The molecule has 2 aromatic rings. The van der Waals surface area contributed by atoms with E-state index in [0.717, 1.165) is 30.5 Å². The number of carbonyl (C=O) groups is 4. The maximum atomic E-state index is 13.3. The number of anilines is 1. The number of hydrogen-bond donors (Lipinski definition) is 0. The predicted molar refractivity (Wildman–Crippen MR) is 107 cm³/mol. The molecule has 5 rings (SSSR count). The van der Waals surface area contributed by atoms with Crippen molar-refractivity contribution in [2.24, 2.45) is 11.8 Å². The number of carbonyl (C=O) groups excluding carboxylic acids is 4. The molecule has 0 radical (unpaired) electrons. The van der Waals surface area contributed by atoms with Gasteiger partial charge in [0.1, 0.15) is 20.3 Å². The zero-order valence-electron chi connectivity index (χ0n) is 16.2. The van der Waals surface area contributed by atoms with Crippen LogP contribution in [0.15, 0.2) is 30.3 Å². The fraction of sp³-hybridized carbons (Fsp3) is 0.300. The van der Waals surface area contributed by atoms with Crippen molar-refractivity contribution in [2.45, 2.75) is 10.5 Å². The topological polar surface area (TPSA) is 124 Å². The monoisotopic (exact) mass is 461 g/mol. The lowest BCUT2D eigenvalue weighted by molar-refractivity contribution is -0.122. The van der Waals surface area contributed by atoms with Crippen LogP contribution < -0.4 is 4.90 Å². The Hall–Kier alpha value is -3.05. The number of para-hydroxylation sites is 1. The minimum Gasteiger partial charge on any atom is -0.465 e. The van der Waals surface area contributed by atoms with E-state index in [0.29, 0.717) is 5.69 Å². The van der Waals surface area contributed by atoms with Gasteiger partial charge in [-0.25, -0.2) is 22.9 Å². The molecular weight excluding hydrogens is 446 g/mol. The number of methoxy groups -OCH3 is 2. The van der Waals surface area contributed by atoms with Crippen molar-refractivity contribution in [1.29, 1.82) is 0 Å². The molecule has 2 fully saturated rings. The smallest absolute Gasteiger partial charge is 0.348 e. The van der Waals surface area contributed by atoms with E-state index in [4.69, 9.17) is 9.47 Å². The first kappa shape index (κ1) is 19.9. The normalized spacial score (nSPS) is 27.2. The SMILES string of the molecule is COC(=O)c1sc(C(=O)OC)c2c1C1C3C(=O)N(c4ccccc4)C(=O)C3C2S1(=O)=O. The molecule has 4 unspecified atom stereocenters. The third-order valence-electron chi connectivity index (χ3n) is 6.07. The molecule has 3 aliphatic heterocycles. The highest BCUT2D eigenvalue weighted by Gasteiger charge is 2.73. The molecule has 3 aliphatic rings. The van der Waals surface area contributed by atoms with Crippen LogP contribution in [0.4, 0.5) is 5.69 Å². The van der Waals surface area contributed by atoms with E-state index in [2.05, 4.69) is 0 Å². The van der Waals surface area contributed by atoms with Crippen LogP contribution in [0.2, 0.25) is 0 Å². The summed E-state index contributed by atoms with van der Waals surface area (Å²) in [6.45, 7) is 0. The Morgan fingerprint density at radius 2 is 1.32 bits per heavy atom. The first-order valence-electron chi connectivity index (χ1n) is 9.24. The molecule has 0 N–H and O–H groups in total. The third-order valence-corrected chi connectivity index (χ3v) is 9.72. The number of hydrogen-bond acceptors (Lipinski definition) is 9. The Kier molecular flexibility index (Phi) is 4.15. The fourth-order valence-corrected chi connectivity index (χ4v) is 9.18. The van der Waals surface area contributed by atoms with Gasteiger partial charge in [0, 0.05) is 11.1 Å². The largest absolute Gasteiger partial charge is 0.465 e. The lowest BCUT2D eigenvalue weighted by atomic mass is 9.77. The summed E-state index contributed by atoms with van der Waals surface area (Å²) in [5.74, 6) is -5.23. The summed E-state index contributed by atoms with van der Waals surface area (Å²) in [7, 11) is -1.77. The highest BCUT2D eigenvalue weighted by molar-refractivity contribution is 7.92. The summed E-state index contributed by atoms with van der Waals surface area (Å²) in [6, 6.07) is 8.23. The maximum Gasteiger partial charge on any atom is 0.348 e. The average molecular weight is 461 g/mol. The van der Waals surface area contributed by atoms with E-state index in [9.17, 15) is 27.6 Å². The number of amides is 2. The van der Waals surface area contributed by atoms with E-state index in [1.165, 1.54) is 0 Å². The van der Waals surface area contributed by atoms with Gasteiger partial charge in [0.05, 0.1) is 31.7 Å². The van der Waals surface area contributed by atoms with Gasteiger partial charge in [0.2, 0.25) is 11.8 Å². The molecular formula is C20H15NO8S2. The Bertz CT molecular complexity index is 1210. The Morgan fingerprint density at radius 3 is 1.74 bits per heavy atom. The van der Waals surface area contributed by atoms with E-state index in [1.54, 1.807) is 30.3 Å². The van der Waals surface area contributed by atoms with Gasteiger partial charge in [0.15, 0.2) is 9.84 Å². The maximum absolute atomic E-state index is 13.3. The van der Waals surface area contributed by atoms with Crippen molar-refractivity contribution in [2.75, 3.05) is 19.1 Å². The standard InChI is InChI=1S/C20H15NO8S2/c1-28-19(24)13-9-10(14(30-13)20(25)29-2)16-12-11(15(9)31(16,26)27)17(22)21(18(12)23)8-6-4-3-5-7-8/h3-7,11-12,15-16H,1-2H3. The van der Waals surface area contributed by atoms with Crippen molar-refractivity contribution >= 4 is 50.6 Å². The molecule has 0 spiro atoms. The summed E-state index contributed by atoms with van der Waals surface area (Å²) in [4.78, 5) is 52.2. The van der Waals surface area contributed by atoms with Crippen molar-refractivity contribution < 1.29 is 37.1 Å². The molecule has 1 aromatic heterocycles. The summed E-state index contributed by atoms with van der Waals surface area (Å²) >= 11 is 0.764. The van der Waals surface area contributed by atoms with Crippen molar-refractivity contribution in [1.82, 2.24) is 0 Å². The minimum absolute atomic E-state index is 0.0640. The van der Waals surface area contributed by atoms with Gasteiger partial charge in [0.25, 0.3) is 0 Å². The third kappa shape index (κ3) is 2.32. The zero-order valence-corrected chi connectivity index (χ0v) is 17.9. The van der Waals surface area contributed by atoms with Gasteiger partial charge in [-0.2, -0.15) is 0 Å². The van der Waals surface area contributed by atoms with Crippen molar-refractivity contribution in [3.05, 3.63) is 51.2 Å². The second-order valence-corrected chi connectivity index (χ2v) is 10.6. The molecule has 0 aliphatic carbocycles. The van der Waals surface area contributed by atoms with E-state index >= 15 is 0 Å². The van der Waals surface area contributed by atoms with E-state index in [-0.39, 0.29) is 20.9 Å². The summed E-state index contributed by atoms with van der Waals surface area (Å²) < 4.78 is 36.2. The molecule has 11 heteroatoms. The van der Waals surface area contributed by atoms with Crippen molar-refractivity contribution in [3.8, 4) is 0 Å². The second-order valence-electron chi connectivity index (χ2n) is 7.40. The Morgan fingerprint density at radius 1 is 0.871 bits per heavy atom. The summed E-state index contributed by atoms with van der Waals surface area (Å²) in [5, 5.41) is -2.79. The molecule has 2 saturated heterocycles. The number of imide groups is 1. The molecule has 1 aromatic carbocycles. The van der Waals surface area contributed by atoms with Gasteiger partial charge in [-0.15, -0.1) is 11.3 Å². The van der Waals surface area contributed by atoms with Gasteiger partial charge in [-0.05, 0) is 12.1 Å². The van der Waals surface area contributed by atoms with Crippen LogP contribution in [0.3, 0.4) is 0 Å². The van der Waals surface area contributed by atoms with E-state index in [1.807, 2.05) is 0 Å². The minimum atomic E-state index is -4.04. The number of fused-ring (bicyclic) bond motifs is 8. The number of esters is 2. The van der Waals surface area contributed by atoms with Crippen molar-refractivity contribution in [3.63, 3.8) is 0 Å². The summed E-state index contributed by atoms with van der Waals surface area (Å²) in [6.07, 6.45) is 0. The average Bonchev–Trinajstić information content (AvgIpc) is 3.41. The zero-order chi connectivity index (χ0) is 22.2. The van der Waals surface area contributed by atoms with Gasteiger partial charge < -0.3 is 9.47 Å². The molecule has 2 bridgehead atoms. The quantitative estimate of drug-likeness (QED) is 0.499. The van der Waals surface area contributed by atoms with Gasteiger partial charge in [-0.3, -0.25) is 9.59 Å². The number of rotatable bonds is 3. The van der Waals surface area contributed by atoms with Gasteiger partial charge in [-0.1, -0.05) is 18.2 Å². The van der Waals surface area contributed by atoms with Crippen LogP contribution in [0, 0.1) is 11.8 Å². The van der Waals surface area contributed by atoms with Crippen LogP contribution in [-0.4, -0.2) is 46.4 Å². The van der Waals surface area contributed by atoms with Gasteiger partial charge >= 0.3 is 11.9 Å². The second kappa shape index (κ2) is 6.47. The highest BCUT2D eigenvalue weighted by Crippen LogP contribution is 2.67. The molecule has 4 atom stereocenters. The molecule has 160 valence electrons. The Balaban J connectivity index is 1.74. The lowest BCUT2D eigenvalue weighted by Crippen LogP contribution is -2.33. The highest BCUT2D eigenvalue weighted by atomic mass is 32.2. The van der Waals surface area contributed by atoms with Crippen LogP contribution >= 0.6 is 11.3 Å². The number of thiophene rings is 1. The number of nitrogens with zero attached hydrogens (tertiary/aromatic N) is 1. The molecule has 4 heterocycles. The van der Waals surface area contributed by atoms with Crippen LogP contribution in [0.1, 0.15) is 41.0 Å². The first-order valence-corrected chi connectivity index (χ1v) is 11.7. The number of sulfone groups is 1. The van der Waals surface area contributed by atoms with E-state index < -0.39 is 55.9 Å². The predicted octanol–water partition coefficient (Wildman–Crippen LogP) is 1.65. The van der Waals surface area contributed by atoms with Crippen LogP contribution in [0.5, 0.6) is 0 Å². The fourth-order valence-electron chi connectivity index (χ4n) is 4.95. The molecule has 0 saturated carbocycles. The number of benzene rings is 1. The first-order chi connectivity index (χ1) is 14.8. The number of ether oxygens (including phenoxy) is 2.